The quantitative estimate of drug-likeness (QED) is 0.773. The van der Waals surface area contributed by atoms with Gasteiger partial charge < -0.3 is 10.6 Å². The molecule has 2 nitrogen and oxygen atoms in total. The maximum atomic E-state index is 3.63. The van der Waals surface area contributed by atoms with E-state index in [1.807, 2.05) is 0 Å². The van der Waals surface area contributed by atoms with Gasteiger partial charge in [0.15, 0.2) is 0 Å². The van der Waals surface area contributed by atoms with Crippen molar-refractivity contribution in [3.63, 3.8) is 0 Å². The number of piperidine rings is 1. The van der Waals surface area contributed by atoms with E-state index in [9.17, 15) is 0 Å². The zero-order chi connectivity index (χ0) is 10.7. The molecule has 0 bridgehead atoms. The van der Waals surface area contributed by atoms with Crippen molar-refractivity contribution in [3.05, 3.63) is 29.3 Å². The number of hydrogen-bond acceptors (Lipinski definition) is 2. The van der Waals surface area contributed by atoms with Gasteiger partial charge in [0.25, 0.3) is 0 Å². The number of benzene rings is 1. The first-order chi connectivity index (χ1) is 7.27. The van der Waals surface area contributed by atoms with Crippen LogP contribution in [0.1, 0.15) is 24.0 Å². The molecule has 1 aliphatic rings. The summed E-state index contributed by atoms with van der Waals surface area (Å²) in [6, 6.07) is 7.07. The van der Waals surface area contributed by atoms with Crippen molar-refractivity contribution in [2.75, 3.05) is 18.4 Å². The lowest BCUT2D eigenvalue weighted by atomic mass is 10.0. The van der Waals surface area contributed by atoms with Gasteiger partial charge in [0.1, 0.15) is 0 Å². The average molecular weight is 204 g/mol. The third-order valence-corrected chi connectivity index (χ3v) is 3.26. The summed E-state index contributed by atoms with van der Waals surface area (Å²) in [6.45, 7) is 6.62. The molecule has 82 valence electrons. The van der Waals surface area contributed by atoms with Crippen LogP contribution in [0.2, 0.25) is 0 Å². The van der Waals surface area contributed by atoms with Gasteiger partial charge in [-0.05, 0) is 50.4 Å². The average Bonchev–Trinajstić information content (AvgIpc) is 2.26. The predicted octanol–water partition coefficient (Wildman–Crippen LogP) is 2.47. The topological polar surface area (TPSA) is 24.1 Å². The highest BCUT2D eigenvalue weighted by Crippen LogP contribution is 2.20. The van der Waals surface area contributed by atoms with Crippen LogP contribution >= 0.6 is 0 Å². The fraction of sp³-hybridized carbons (Fsp3) is 0.538. The van der Waals surface area contributed by atoms with E-state index >= 15 is 0 Å². The lowest BCUT2D eigenvalue weighted by molar-refractivity contribution is 0.479. The molecule has 0 aliphatic carbocycles. The van der Waals surface area contributed by atoms with E-state index in [4.69, 9.17) is 0 Å². The number of rotatable bonds is 2. The van der Waals surface area contributed by atoms with Crippen LogP contribution in [0.4, 0.5) is 5.69 Å². The summed E-state index contributed by atoms with van der Waals surface area (Å²) in [7, 11) is 0. The van der Waals surface area contributed by atoms with Crippen molar-refractivity contribution >= 4 is 5.69 Å². The Bertz CT molecular complexity index is 327. The number of hydrogen-bond donors (Lipinski definition) is 2. The molecule has 0 spiro atoms. The van der Waals surface area contributed by atoms with Gasteiger partial charge >= 0.3 is 0 Å². The maximum Gasteiger partial charge on any atom is 0.0386 e. The van der Waals surface area contributed by atoms with Gasteiger partial charge in [0.05, 0.1) is 0 Å². The minimum atomic E-state index is 0.597. The molecule has 2 rings (SSSR count). The zero-order valence-electron chi connectivity index (χ0n) is 9.64. The molecule has 0 saturated carbocycles. The molecular formula is C13H20N2. The summed E-state index contributed by atoms with van der Waals surface area (Å²) in [5.41, 5.74) is 4.04. The van der Waals surface area contributed by atoms with E-state index in [1.165, 1.54) is 36.2 Å². The smallest absolute Gasteiger partial charge is 0.0386 e. The molecule has 0 radical (unpaired) electrons. The number of aryl methyl sites for hydroxylation is 1. The Morgan fingerprint density at radius 2 is 2.20 bits per heavy atom. The summed E-state index contributed by atoms with van der Waals surface area (Å²) in [5.74, 6) is 0. The van der Waals surface area contributed by atoms with Crippen molar-refractivity contribution in [2.45, 2.75) is 32.7 Å². The molecule has 1 heterocycles. The molecule has 1 aromatic rings. The Balaban J connectivity index is 2.06. The standard InChI is InChI=1S/C13H20N2/c1-10-5-3-7-13(11(10)2)15-12-6-4-8-14-9-12/h3,5,7,12,14-15H,4,6,8-9H2,1-2H3. The second kappa shape index (κ2) is 4.67. The summed E-state index contributed by atoms with van der Waals surface area (Å²) in [5, 5.41) is 7.05. The molecule has 2 N–H and O–H groups in total. The molecule has 1 unspecified atom stereocenters. The van der Waals surface area contributed by atoms with E-state index in [-0.39, 0.29) is 0 Å². The Kier molecular flexibility index (Phi) is 3.27. The lowest BCUT2D eigenvalue weighted by Gasteiger charge is -2.26. The molecule has 1 aliphatic heterocycles. The number of nitrogens with one attached hydrogen (secondary N) is 2. The maximum absolute atomic E-state index is 3.63. The first-order valence-electron chi connectivity index (χ1n) is 5.81. The normalized spacial score (nSPS) is 21.3. The summed E-state index contributed by atoms with van der Waals surface area (Å²) in [4.78, 5) is 0. The van der Waals surface area contributed by atoms with Gasteiger partial charge in [-0.1, -0.05) is 12.1 Å². The van der Waals surface area contributed by atoms with E-state index in [0.717, 1.165) is 6.54 Å². The molecule has 15 heavy (non-hydrogen) atoms. The molecule has 1 saturated heterocycles. The molecule has 0 amide bonds. The second-order valence-corrected chi connectivity index (χ2v) is 4.44. The Morgan fingerprint density at radius 3 is 2.93 bits per heavy atom. The van der Waals surface area contributed by atoms with Crippen LogP contribution in [0.5, 0.6) is 0 Å². The van der Waals surface area contributed by atoms with Gasteiger partial charge in [0, 0.05) is 18.3 Å². The highest BCUT2D eigenvalue weighted by molar-refractivity contribution is 5.54. The first kappa shape index (κ1) is 10.5. The summed E-state index contributed by atoms with van der Waals surface area (Å²) in [6.07, 6.45) is 2.56. The minimum Gasteiger partial charge on any atom is -0.381 e. The first-order valence-corrected chi connectivity index (χ1v) is 5.81. The van der Waals surface area contributed by atoms with Crippen molar-refractivity contribution in [2.24, 2.45) is 0 Å². The van der Waals surface area contributed by atoms with Crippen LogP contribution in [0.3, 0.4) is 0 Å². The van der Waals surface area contributed by atoms with Crippen molar-refractivity contribution in [1.82, 2.24) is 5.32 Å². The van der Waals surface area contributed by atoms with Crippen LogP contribution in [0, 0.1) is 13.8 Å². The predicted molar refractivity (Wildman–Crippen MR) is 65.4 cm³/mol. The molecule has 1 aromatic carbocycles. The van der Waals surface area contributed by atoms with E-state index in [0.29, 0.717) is 6.04 Å². The third-order valence-electron chi connectivity index (χ3n) is 3.26. The third kappa shape index (κ3) is 2.51. The molecule has 2 heteroatoms. The van der Waals surface area contributed by atoms with Crippen LogP contribution in [0.15, 0.2) is 18.2 Å². The molecule has 1 fully saturated rings. The van der Waals surface area contributed by atoms with Gasteiger partial charge in [-0.15, -0.1) is 0 Å². The van der Waals surface area contributed by atoms with Gasteiger partial charge in [0.2, 0.25) is 0 Å². The van der Waals surface area contributed by atoms with E-state index in [2.05, 4.69) is 42.7 Å². The Hall–Kier alpha value is -1.02. The van der Waals surface area contributed by atoms with Crippen LogP contribution < -0.4 is 10.6 Å². The highest BCUT2D eigenvalue weighted by atomic mass is 15.0. The lowest BCUT2D eigenvalue weighted by Crippen LogP contribution is -2.38. The van der Waals surface area contributed by atoms with Crippen molar-refractivity contribution in [1.29, 1.82) is 0 Å². The van der Waals surface area contributed by atoms with Gasteiger partial charge in [-0.2, -0.15) is 0 Å². The van der Waals surface area contributed by atoms with E-state index < -0.39 is 0 Å². The van der Waals surface area contributed by atoms with E-state index in [1.54, 1.807) is 0 Å². The number of anilines is 1. The van der Waals surface area contributed by atoms with Gasteiger partial charge in [-0.3, -0.25) is 0 Å². The summed E-state index contributed by atoms with van der Waals surface area (Å²) >= 11 is 0. The second-order valence-electron chi connectivity index (χ2n) is 4.44. The monoisotopic (exact) mass is 204 g/mol. The SMILES string of the molecule is Cc1cccc(NC2CCCNC2)c1C. The molecule has 0 aromatic heterocycles. The van der Waals surface area contributed by atoms with Crippen LogP contribution in [-0.4, -0.2) is 19.1 Å². The fourth-order valence-electron chi connectivity index (χ4n) is 2.10. The van der Waals surface area contributed by atoms with Crippen LogP contribution in [0.25, 0.3) is 0 Å². The van der Waals surface area contributed by atoms with Crippen LogP contribution in [-0.2, 0) is 0 Å². The Labute approximate surface area is 92.1 Å². The minimum absolute atomic E-state index is 0.597. The fourth-order valence-corrected chi connectivity index (χ4v) is 2.10. The Morgan fingerprint density at radius 1 is 1.33 bits per heavy atom. The van der Waals surface area contributed by atoms with Crippen molar-refractivity contribution in [3.8, 4) is 0 Å². The summed E-state index contributed by atoms with van der Waals surface area (Å²) < 4.78 is 0. The molecule has 1 atom stereocenters. The zero-order valence-corrected chi connectivity index (χ0v) is 9.64. The van der Waals surface area contributed by atoms with Gasteiger partial charge in [-0.25, -0.2) is 0 Å². The van der Waals surface area contributed by atoms with Crippen molar-refractivity contribution < 1.29 is 0 Å². The highest BCUT2D eigenvalue weighted by Gasteiger charge is 2.13. The largest absolute Gasteiger partial charge is 0.381 e. The molecular weight excluding hydrogens is 184 g/mol.